The molecule has 0 saturated carbocycles. The first kappa shape index (κ1) is 35.9. The normalized spacial score (nSPS) is 13.3. The number of aliphatic hydroxyl groups is 1. The van der Waals surface area contributed by atoms with Crippen molar-refractivity contribution >= 4 is 51.7 Å². The Labute approximate surface area is 288 Å². The summed E-state index contributed by atoms with van der Waals surface area (Å²) in [6.07, 6.45) is -3.20. The second kappa shape index (κ2) is 13.5. The number of carbonyl (C=O) groups is 3. The third-order valence-electron chi connectivity index (χ3n) is 8.32. The van der Waals surface area contributed by atoms with Crippen LogP contribution in [0.5, 0.6) is 0 Å². The summed E-state index contributed by atoms with van der Waals surface area (Å²) >= 11 is 6.46. The molecule has 5 rings (SSSR count). The maximum absolute atomic E-state index is 13.3. The molecule has 0 bridgehead atoms. The fourth-order valence-corrected chi connectivity index (χ4v) is 5.82. The summed E-state index contributed by atoms with van der Waals surface area (Å²) in [7, 11) is 1.72. The minimum atomic E-state index is -4.62. The predicted molar refractivity (Wildman–Crippen MR) is 182 cm³/mol. The van der Waals surface area contributed by atoms with Gasteiger partial charge in [0.05, 0.1) is 38.3 Å². The summed E-state index contributed by atoms with van der Waals surface area (Å²) in [4.78, 5) is 43.1. The minimum Gasteiger partial charge on any atom is -0.390 e. The largest absolute Gasteiger partial charge is 0.405 e. The number of nitrogens with two attached hydrogens (primary N) is 1. The second-order valence-corrected chi connectivity index (χ2v) is 12.7. The molecule has 2 aromatic carbocycles. The SMILES string of the molecule is C=C(F)C(=O)Nc1ccc(-c2c(-c3ccc(C(=O)NCC(F)(F)F)c(Cl)c3)c3c(N)ncc(C#CC(=O)N4CC(C(C)(C)O)C4)c3n2C)cc1. The van der Waals surface area contributed by atoms with Crippen LogP contribution in [0.15, 0.2) is 61.1 Å². The number of amides is 3. The lowest BCUT2D eigenvalue weighted by Crippen LogP contribution is -2.57. The van der Waals surface area contributed by atoms with E-state index in [-0.39, 0.29) is 28.0 Å². The average molecular weight is 711 g/mol. The summed E-state index contributed by atoms with van der Waals surface area (Å²) in [5.74, 6) is 1.90. The molecule has 1 aliphatic rings. The van der Waals surface area contributed by atoms with Gasteiger partial charge in [0, 0.05) is 49.4 Å². The molecule has 0 radical (unpaired) electrons. The lowest BCUT2D eigenvalue weighted by molar-refractivity contribution is -0.138. The quantitative estimate of drug-likeness (QED) is 0.114. The predicted octanol–water partition coefficient (Wildman–Crippen LogP) is 5.44. The third kappa shape index (κ3) is 7.44. The number of nitrogens with zero attached hydrogens (tertiary/aromatic N) is 3. The van der Waals surface area contributed by atoms with E-state index in [0.29, 0.717) is 51.9 Å². The zero-order chi connectivity index (χ0) is 36.7. The Morgan fingerprint density at radius 2 is 1.76 bits per heavy atom. The van der Waals surface area contributed by atoms with E-state index in [1.54, 1.807) is 42.9 Å². The number of carbonyl (C=O) groups excluding carboxylic acids is 3. The Morgan fingerprint density at radius 3 is 2.34 bits per heavy atom. The number of pyridine rings is 1. The number of benzene rings is 2. The highest BCUT2D eigenvalue weighted by molar-refractivity contribution is 6.34. The average Bonchev–Trinajstić information content (AvgIpc) is 3.31. The standard InChI is InChI=1S/C35H31ClF4N6O4/c1-18(37)32(48)44-23-9-5-19(6-10-23)29-27(20-7-11-24(25(36)13-20)33(49)43-17-35(38,39)40)28-30(45(29)4)21(14-42-31(28)41)8-12-26(47)46-15-22(16-46)34(2,3)50/h5-7,9-11,13-14,22,50H,1,15-17H2,2-4H3,(H2,41,42)(H,43,49)(H,44,48). The number of aromatic nitrogens is 2. The Kier molecular flexibility index (Phi) is 9.69. The summed E-state index contributed by atoms with van der Waals surface area (Å²) in [6, 6.07) is 10.6. The van der Waals surface area contributed by atoms with Crippen molar-refractivity contribution in [3.05, 3.63) is 77.2 Å². The van der Waals surface area contributed by atoms with Gasteiger partial charge < -0.3 is 30.9 Å². The van der Waals surface area contributed by atoms with Crippen molar-refractivity contribution in [3.8, 4) is 34.2 Å². The molecule has 0 atom stereocenters. The fraction of sp³-hybridized carbons (Fsp3) is 0.257. The molecular weight excluding hydrogens is 680 g/mol. The zero-order valence-electron chi connectivity index (χ0n) is 27.0. The molecule has 15 heteroatoms. The van der Waals surface area contributed by atoms with Gasteiger partial charge >= 0.3 is 6.18 Å². The van der Waals surface area contributed by atoms with Gasteiger partial charge in [0.2, 0.25) is 0 Å². The van der Waals surface area contributed by atoms with E-state index in [2.05, 4.69) is 28.7 Å². The highest BCUT2D eigenvalue weighted by atomic mass is 35.5. The van der Waals surface area contributed by atoms with Crippen LogP contribution in [0, 0.1) is 17.8 Å². The van der Waals surface area contributed by atoms with E-state index < -0.39 is 41.9 Å². The molecule has 4 aromatic rings. The molecule has 1 fully saturated rings. The second-order valence-electron chi connectivity index (χ2n) is 12.3. The van der Waals surface area contributed by atoms with Gasteiger partial charge in [0.15, 0.2) is 5.83 Å². The van der Waals surface area contributed by atoms with E-state index >= 15 is 0 Å². The molecule has 10 nitrogen and oxygen atoms in total. The van der Waals surface area contributed by atoms with Crippen LogP contribution in [-0.2, 0) is 16.6 Å². The molecule has 260 valence electrons. The number of fused-ring (bicyclic) bond motifs is 1. The van der Waals surface area contributed by atoms with E-state index in [4.69, 9.17) is 17.3 Å². The van der Waals surface area contributed by atoms with Crippen LogP contribution in [-0.4, -0.2) is 68.7 Å². The molecule has 0 spiro atoms. The van der Waals surface area contributed by atoms with E-state index in [1.165, 1.54) is 41.4 Å². The number of hydrogen-bond donors (Lipinski definition) is 4. The maximum Gasteiger partial charge on any atom is 0.405 e. The van der Waals surface area contributed by atoms with Crippen molar-refractivity contribution in [2.24, 2.45) is 13.0 Å². The van der Waals surface area contributed by atoms with Gasteiger partial charge in [0.25, 0.3) is 17.7 Å². The van der Waals surface area contributed by atoms with E-state index in [1.807, 2.05) is 0 Å². The van der Waals surface area contributed by atoms with Gasteiger partial charge in [-0.05, 0) is 49.2 Å². The Morgan fingerprint density at radius 1 is 1.12 bits per heavy atom. The number of alkyl halides is 3. The molecule has 1 saturated heterocycles. The number of nitrogen functional groups attached to an aromatic ring is 1. The summed E-state index contributed by atoms with van der Waals surface area (Å²) in [5, 5.41) is 14.7. The molecule has 3 heterocycles. The number of anilines is 2. The van der Waals surface area contributed by atoms with Crippen LogP contribution in [0.25, 0.3) is 33.3 Å². The topological polar surface area (TPSA) is 143 Å². The monoisotopic (exact) mass is 710 g/mol. The van der Waals surface area contributed by atoms with E-state index in [0.717, 1.165) is 0 Å². The smallest absolute Gasteiger partial charge is 0.390 e. The van der Waals surface area contributed by atoms with Crippen LogP contribution < -0.4 is 16.4 Å². The number of aryl methyl sites for hydroxylation is 1. The van der Waals surface area contributed by atoms with E-state index in [9.17, 15) is 37.1 Å². The molecule has 50 heavy (non-hydrogen) atoms. The fourth-order valence-electron chi connectivity index (χ4n) is 5.55. The van der Waals surface area contributed by atoms with Gasteiger partial charge in [-0.1, -0.05) is 42.3 Å². The third-order valence-corrected chi connectivity index (χ3v) is 8.64. The van der Waals surface area contributed by atoms with Crippen LogP contribution in [0.3, 0.4) is 0 Å². The maximum atomic E-state index is 13.3. The number of hydrogen-bond acceptors (Lipinski definition) is 6. The van der Waals surface area contributed by atoms with Gasteiger partial charge in [-0.2, -0.15) is 13.2 Å². The van der Waals surface area contributed by atoms with Gasteiger partial charge in [-0.25, -0.2) is 9.37 Å². The summed E-state index contributed by atoms with van der Waals surface area (Å²) in [6.45, 7) is 5.51. The lowest BCUT2D eigenvalue weighted by atomic mass is 9.84. The molecule has 3 amide bonds. The summed E-state index contributed by atoms with van der Waals surface area (Å²) < 4.78 is 53.3. The van der Waals surface area contributed by atoms with Crippen LogP contribution in [0.4, 0.5) is 29.1 Å². The highest BCUT2D eigenvalue weighted by Gasteiger charge is 2.39. The van der Waals surface area contributed by atoms with Crippen LogP contribution in [0.1, 0.15) is 29.8 Å². The molecule has 0 aliphatic carbocycles. The molecule has 0 unspecified atom stereocenters. The molecule has 1 aliphatic heterocycles. The first-order chi connectivity index (χ1) is 23.4. The summed E-state index contributed by atoms with van der Waals surface area (Å²) in [5.41, 5.74) is 8.42. The lowest BCUT2D eigenvalue weighted by Gasteiger charge is -2.44. The Balaban J connectivity index is 1.63. The first-order valence-electron chi connectivity index (χ1n) is 15.1. The number of rotatable bonds is 7. The van der Waals surface area contributed by atoms with Crippen molar-refractivity contribution < 1.29 is 37.1 Å². The van der Waals surface area contributed by atoms with Gasteiger partial charge in [-0.3, -0.25) is 14.4 Å². The molecule has 5 N–H and O–H groups in total. The minimum absolute atomic E-state index is 0.0814. The van der Waals surface area contributed by atoms with Gasteiger partial charge in [-0.15, -0.1) is 0 Å². The van der Waals surface area contributed by atoms with Gasteiger partial charge in [0.1, 0.15) is 12.4 Å². The van der Waals surface area contributed by atoms with Crippen molar-refractivity contribution in [3.63, 3.8) is 0 Å². The first-order valence-corrected chi connectivity index (χ1v) is 15.4. The number of likely N-dealkylation sites (tertiary alicyclic amines) is 1. The molecular formula is C35H31ClF4N6O4. The zero-order valence-corrected chi connectivity index (χ0v) is 27.8. The van der Waals surface area contributed by atoms with Crippen LogP contribution >= 0.6 is 11.6 Å². The van der Waals surface area contributed by atoms with Crippen molar-refractivity contribution in [2.75, 3.05) is 30.7 Å². The van der Waals surface area contributed by atoms with Crippen molar-refractivity contribution in [1.29, 1.82) is 0 Å². The molecule has 2 aromatic heterocycles. The van der Waals surface area contributed by atoms with Crippen LogP contribution in [0.2, 0.25) is 5.02 Å². The Hall–Kier alpha value is -5.39. The highest BCUT2D eigenvalue weighted by Crippen LogP contribution is 2.44. The Bertz CT molecular complexity index is 2100. The number of nitrogens with one attached hydrogen (secondary N) is 2. The number of halogens is 5. The van der Waals surface area contributed by atoms with Crippen molar-refractivity contribution in [1.82, 2.24) is 19.8 Å². The van der Waals surface area contributed by atoms with Crippen molar-refractivity contribution in [2.45, 2.75) is 25.6 Å².